The van der Waals surface area contributed by atoms with Crippen LogP contribution in [0.1, 0.15) is 57.9 Å². The van der Waals surface area contributed by atoms with Crippen LogP contribution in [0.5, 0.6) is 5.75 Å². The predicted octanol–water partition coefficient (Wildman–Crippen LogP) is 5.24. The maximum atomic E-state index is 13.6. The van der Waals surface area contributed by atoms with Gasteiger partial charge in [-0.1, -0.05) is 67.8 Å². The van der Waals surface area contributed by atoms with Crippen molar-refractivity contribution in [2.24, 2.45) is 17.8 Å². The van der Waals surface area contributed by atoms with Crippen LogP contribution in [0.2, 0.25) is 0 Å². The first kappa shape index (κ1) is 26.8. The number of benzene rings is 2. The Bertz CT molecular complexity index is 1190. The molecule has 1 saturated heterocycles. The van der Waals surface area contributed by atoms with Crippen molar-refractivity contribution in [3.05, 3.63) is 76.9 Å². The lowest BCUT2D eigenvalue weighted by atomic mass is 9.67. The summed E-state index contributed by atoms with van der Waals surface area (Å²) in [6.45, 7) is 3.83. The van der Waals surface area contributed by atoms with Crippen LogP contribution in [0, 0.1) is 17.8 Å². The van der Waals surface area contributed by atoms with Crippen molar-refractivity contribution in [1.29, 1.82) is 0 Å². The quantitative estimate of drug-likeness (QED) is 0.304. The minimum Gasteiger partial charge on any atom is -0.508 e. The third-order valence-electron chi connectivity index (χ3n) is 7.74. The van der Waals surface area contributed by atoms with E-state index in [1.54, 1.807) is 42.5 Å². The molecule has 2 aromatic rings. The molecule has 196 valence electrons. The first-order valence-corrected chi connectivity index (χ1v) is 13.3. The molecule has 6 heteroatoms. The highest BCUT2D eigenvalue weighted by Crippen LogP contribution is 2.48. The van der Waals surface area contributed by atoms with Crippen molar-refractivity contribution < 1.29 is 24.9 Å². The van der Waals surface area contributed by atoms with E-state index in [9.17, 15) is 24.9 Å². The van der Waals surface area contributed by atoms with Crippen molar-refractivity contribution in [3.8, 4) is 5.75 Å². The highest BCUT2D eigenvalue weighted by atomic mass is 16.3. The summed E-state index contributed by atoms with van der Waals surface area (Å²) in [6, 6.07) is 16.0. The van der Waals surface area contributed by atoms with Crippen molar-refractivity contribution in [3.63, 3.8) is 0 Å². The highest BCUT2D eigenvalue weighted by Gasteiger charge is 2.55. The molecule has 4 atom stereocenters. The van der Waals surface area contributed by atoms with E-state index >= 15 is 0 Å². The summed E-state index contributed by atoms with van der Waals surface area (Å²) < 4.78 is 0. The number of phenols is 1. The van der Waals surface area contributed by atoms with Crippen molar-refractivity contribution in [2.45, 2.75) is 58.5 Å². The van der Waals surface area contributed by atoms with Gasteiger partial charge in [0.05, 0.1) is 30.2 Å². The van der Waals surface area contributed by atoms with Crippen LogP contribution >= 0.6 is 0 Å². The lowest BCUT2D eigenvalue weighted by molar-refractivity contribution is -0.123. The Morgan fingerprint density at radius 2 is 1.84 bits per heavy atom. The number of allylic oxidation sites excluding steroid dienone is 2. The van der Waals surface area contributed by atoms with Gasteiger partial charge in [0.1, 0.15) is 5.75 Å². The molecule has 0 radical (unpaired) electrons. The Hall–Kier alpha value is -3.22. The fourth-order valence-corrected chi connectivity index (χ4v) is 6.01. The first-order chi connectivity index (χ1) is 17.9. The number of aliphatic hydroxyl groups is 2. The molecule has 0 saturated carbocycles. The number of imide groups is 1. The van der Waals surface area contributed by atoms with Crippen LogP contribution in [0.25, 0.3) is 6.08 Å². The summed E-state index contributed by atoms with van der Waals surface area (Å²) >= 11 is 0. The number of anilines is 1. The minimum absolute atomic E-state index is 0.210. The number of phenolic OH excluding ortho intramolecular Hbond substituents is 1. The third kappa shape index (κ3) is 5.55. The van der Waals surface area contributed by atoms with Gasteiger partial charge in [0, 0.05) is 5.92 Å². The number of aromatic hydroxyl groups is 1. The largest absolute Gasteiger partial charge is 0.508 e. The van der Waals surface area contributed by atoms with E-state index in [1.807, 2.05) is 18.2 Å². The molecule has 6 nitrogen and oxygen atoms in total. The number of fused-ring (bicyclic) bond motifs is 1. The van der Waals surface area contributed by atoms with E-state index in [0.29, 0.717) is 24.9 Å². The van der Waals surface area contributed by atoms with Gasteiger partial charge < -0.3 is 15.3 Å². The van der Waals surface area contributed by atoms with Gasteiger partial charge >= 0.3 is 0 Å². The monoisotopic (exact) mass is 503 g/mol. The zero-order valence-electron chi connectivity index (χ0n) is 21.6. The lowest BCUT2D eigenvalue weighted by Gasteiger charge is -2.36. The molecular formula is C31H37NO5. The zero-order chi connectivity index (χ0) is 26.5. The topological polar surface area (TPSA) is 98.1 Å². The predicted molar refractivity (Wildman–Crippen MR) is 145 cm³/mol. The number of hydrogen-bond donors (Lipinski definition) is 3. The second kappa shape index (κ2) is 11.9. The Kier molecular flexibility index (Phi) is 8.62. The van der Waals surface area contributed by atoms with Gasteiger partial charge in [-0.3, -0.25) is 14.5 Å². The van der Waals surface area contributed by atoms with Gasteiger partial charge in [-0.2, -0.15) is 0 Å². The molecule has 1 heterocycles. The first-order valence-electron chi connectivity index (χ1n) is 13.3. The van der Waals surface area contributed by atoms with Gasteiger partial charge in [0.15, 0.2) is 0 Å². The van der Waals surface area contributed by atoms with Crippen LogP contribution < -0.4 is 4.90 Å². The maximum absolute atomic E-state index is 13.6. The lowest BCUT2D eigenvalue weighted by Crippen LogP contribution is -2.39. The van der Waals surface area contributed by atoms with Crippen molar-refractivity contribution >= 4 is 23.6 Å². The van der Waals surface area contributed by atoms with Crippen molar-refractivity contribution in [1.82, 2.24) is 0 Å². The molecule has 2 aromatic carbocycles. The van der Waals surface area contributed by atoms with Crippen LogP contribution in [0.4, 0.5) is 5.69 Å². The molecule has 0 aromatic heterocycles. The number of carbonyl (C=O) groups is 2. The van der Waals surface area contributed by atoms with E-state index in [1.165, 1.54) is 4.90 Å². The molecule has 1 aliphatic carbocycles. The van der Waals surface area contributed by atoms with E-state index < -0.39 is 23.9 Å². The Labute approximate surface area is 218 Å². The number of aliphatic hydroxyl groups excluding tert-OH is 2. The van der Waals surface area contributed by atoms with Gasteiger partial charge in [-0.05, 0) is 67.5 Å². The summed E-state index contributed by atoms with van der Waals surface area (Å²) in [5.74, 6) is -2.07. The SMILES string of the molecule is CCCC1=C([C@H](O)CC/C(=C/c2cccc(O)c2)CC)[C@H](CO)[C@@H]2C(=O)N(c3ccccc3)C(=O)[C@@H]2C1. The molecule has 2 amide bonds. The van der Waals surface area contributed by atoms with Crippen LogP contribution in [0.15, 0.2) is 71.3 Å². The van der Waals surface area contributed by atoms with Crippen LogP contribution in [0.3, 0.4) is 0 Å². The van der Waals surface area contributed by atoms with Gasteiger partial charge in [0.25, 0.3) is 0 Å². The molecule has 0 spiro atoms. The summed E-state index contributed by atoms with van der Waals surface area (Å²) in [5.41, 5.74) is 4.34. The number of amides is 2. The number of para-hydroxylation sites is 1. The highest BCUT2D eigenvalue weighted by molar-refractivity contribution is 6.22. The average Bonchev–Trinajstić information content (AvgIpc) is 3.15. The smallest absolute Gasteiger partial charge is 0.238 e. The molecular weight excluding hydrogens is 466 g/mol. The van der Waals surface area contributed by atoms with Gasteiger partial charge in [-0.15, -0.1) is 0 Å². The Morgan fingerprint density at radius 1 is 1.08 bits per heavy atom. The second-order valence-electron chi connectivity index (χ2n) is 10.1. The summed E-state index contributed by atoms with van der Waals surface area (Å²) in [5, 5.41) is 31.7. The average molecular weight is 504 g/mol. The fraction of sp³-hybridized carbons (Fsp3) is 0.419. The normalized spacial score (nSPS) is 23.0. The summed E-state index contributed by atoms with van der Waals surface area (Å²) in [7, 11) is 0. The Balaban J connectivity index is 1.60. The fourth-order valence-electron chi connectivity index (χ4n) is 6.01. The molecule has 0 bridgehead atoms. The molecule has 2 aliphatic rings. The minimum atomic E-state index is -0.813. The van der Waals surface area contributed by atoms with Gasteiger partial charge in [0.2, 0.25) is 11.8 Å². The number of nitrogens with zero attached hydrogens (tertiary/aromatic N) is 1. The molecule has 1 aliphatic heterocycles. The zero-order valence-corrected chi connectivity index (χ0v) is 21.6. The standard InChI is InChI=1S/C31H37NO5/c1-3-9-22-18-25-29(31(37)32(30(25)36)23-11-6-5-7-12-23)26(19-33)28(22)27(35)15-14-20(4-2)16-21-10-8-13-24(34)17-21/h5-8,10-13,16-17,25-27,29,33-35H,3-4,9,14-15,18-19H2,1-2H3/b20-16+/t25-,26+,27-,29-/m1/s1. The summed E-state index contributed by atoms with van der Waals surface area (Å²) in [6.07, 6.45) is 5.14. The maximum Gasteiger partial charge on any atom is 0.238 e. The third-order valence-corrected chi connectivity index (χ3v) is 7.74. The molecule has 37 heavy (non-hydrogen) atoms. The second-order valence-corrected chi connectivity index (χ2v) is 10.1. The Morgan fingerprint density at radius 3 is 2.49 bits per heavy atom. The van der Waals surface area contributed by atoms with E-state index in [-0.39, 0.29) is 24.2 Å². The molecule has 0 unspecified atom stereocenters. The molecule has 3 N–H and O–H groups in total. The number of carbonyl (C=O) groups excluding carboxylic acids is 2. The van der Waals surface area contributed by atoms with E-state index in [0.717, 1.165) is 41.5 Å². The summed E-state index contributed by atoms with van der Waals surface area (Å²) in [4.78, 5) is 28.2. The van der Waals surface area contributed by atoms with Crippen molar-refractivity contribution in [2.75, 3.05) is 11.5 Å². The van der Waals surface area contributed by atoms with Crippen LogP contribution in [-0.4, -0.2) is 39.8 Å². The number of hydrogen-bond acceptors (Lipinski definition) is 5. The molecule has 1 fully saturated rings. The van der Waals surface area contributed by atoms with E-state index in [4.69, 9.17) is 0 Å². The molecule has 4 rings (SSSR count). The number of rotatable bonds is 10. The van der Waals surface area contributed by atoms with E-state index in [2.05, 4.69) is 13.8 Å². The van der Waals surface area contributed by atoms with Crippen LogP contribution in [-0.2, 0) is 9.59 Å². The van der Waals surface area contributed by atoms with Gasteiger partial charge in [-0.25, -0.2) is 0 Å².